The molecular weight excluding hydrogens is 243 g/mol. The zero-order chi connectivity index (χ0) is 12.8. The van der Waals surface area contributed by atoms with Crippen molar-refractivity contribution in [3.63, 3.8) is 0 Å². The molecule has 18 heavy (non-hydrogen) atoms. The van der Waals surface area contributed by atoms with Gasteiger partial charge < -0.3 is 10.6 Å². The van der Waals surface area contributed by atoms with Crippen molar-refractivity contribution >= 4 is 17.8 Å². The van der Waals surface area contributed by atoms with Crippen LogP contribution >= 0.6 is 0 Å². The normalized spacial score (nSPS) is 39.3. The molecule has 1 aliphatic heterocycles. The SMILES string of the molecule is CCC1CC(C)C2(C(=O)[N-]C(=O)NC2=O)C1C.[Na+]. The molecule has 0 aromatic heterocycles. The van der Waals surface area contributed by atoms with Gasteiger partial charge in [0, 0.05) is 0 Å². The Balaban J connectivity index is 0.00000162. The van der Waals surface area contributed by atoms with E-state index < -0.39 is 23.3 Å². The molecule has 1 saturated heterocycles. The zero-order valence-corrected chi connectivity index (χ0v) is 13.3. The molecule has 1 heterocycles. The summed E-state index contributed by atoms with van der Waals surface area (Å²) in [6.07, 6.45) is 1.77. The van der Waals surface area contributed by atoms with Crippen molar-refractivity contribution in [2.75, 3.05) is 0 Å². The molecule has 5 nitrogen and oxygen atoms in total. The van der Waals surface area contributed by atoms with Gasteiger partial charge in [0.25, 0.3) is 0 Å². The first-order valence-electron chi connectivity index (χ1n) is 6.06. The molecule has 2 fully saturated rings. The molecule has 6 heteroatoms. The predicted octanol–water partition coefficient (Wildman–Crippen LogP) is -1.17. The van der Waals surface area contributed by atoms with E-state index in [1.165, 1.54) is 0 Å². The number of imide groups is 2. The van der Waals surface area contributed by atoms with Crippen LogP contribution in [0.15, 0.2) is 0 Å². The number of hydrogen-bond donors (Lipinski definition) is 1. The molecule has 4 atom stereocenters. The van der Waals surface area contributed by atoms with Gasteiger partial charge in [-0.3, -0.25) is 14.4 Å². The minimum Gasteiger partial charge on any atom is -0.394 e. The van der Waals surface area contributed by atoms with Gasteiger partial charge in [0.05, 0.1) is 5.41 Å². The molecule has 0 aromatic rings. The van der Waals surface area contributed by atoms with E-state index in [1.54, 1.807) is 0 Å². The fourth-order valence-corrected chi connectivity index (χ4v) is 3.53. The summed E-state index contributed by atoms with van der Waals surface area (Å²) in [6, 6.07) is -0.829. The fourth-order valence-electron chi connectivity index (χ4n) is 3.53. The molecule has 1 saturated carbocycles. The van der Waals surface area contributed by atoms with Gasteiger partial charge in [-0.05, 0) is 24.2 Å². The summed E-state index contributed by atoms with van der Waals surface area (Å²) in [4.78, 5) is 35.3. The van der Waals surface area contributed by atoms with Crippen LogP contribution in [-0.4, -0.2) is 17.8 Å². The minimum absolute atomic E-state index is 0. The third-order valence-electron chi connectivity index (χ3n) is 4.54. The zero-order valence-electron chi connectivity index (χ0n) is 11.3. The number of nitrogens with one attached hydrogen (secondary N) is 1. The van der Waals surface area contributed by atoms with Gasteiger partial charge in [-0.15, -0.1) is 0 Å². The van der Waals surface area contributed by atoms with Gasteiger partial charge in [0.1, 0.15) is 0 Å². The molecule has 1 spiro atoms. The van der Waals surface area contributed by atoms with E-state index in [4.69, 9.17) is 0 Å². The first-order valence-corrected chi connectivity index (χ1v) is 6.06. The van der Waals surface area contributed by atoms with Gasteiger partial charge >= 0.3 is 29.6 Å². The predicted molar refractivity (Wildman–Crippen MR) is 61.1 cm³/mol. The minimum atomic E-state index is -1.12. The second kappa shape index (κ2) is 5.31. The van der Waals surface area contributed by atoms with Crippen LogP contribution in [0.4, 0.5) is 4.79 Å². The first-order chi connectivity index (χ1) is 7.94. The summed E-state index contributed by atoms with van der Waals surface area (Å²) in [6.45, 7) is 5.87. The van der Waals surface area contributed by atoms with E-state index in [-0.39, 0.29) is 41.4 Å². The molecular formula is C12H17N2NaO3. The average molecular weight is 260 g/mol. The van der Waals surface area contributed by atoms with Crippen molar-refractivity contribution in [1.29, 1.82) is 0 Å². The van der Waals surface area contributed by atoms with E-state index in [2.05, 4.69) is 17.6 Å². The van der Waals surface area contributed by atoms with Crippen LogP contribution in [0, 0.1) is 23.2 Å². The van der Waals surface area contributed by atoms with Crippen molar-refractivity contribution in [3.05, 3.63) is 5.32 Å². The summed E-state index contributed by atoms with van der Waals surface area (Å²) < 4.78 is 0. The van der Waals surface area contributed by atoms with Crippen molar-refractivity contribution < 1.29 is 43.9 Å². The summed E-state index contributed by atoms with van der Waals surface area (Å²) >= 11 is 0. The van der Waals surface area contributed by atoms with Gasteiger partial charge in [0.2, 0.25) is 0 Å². The summed E-state index contributed by atoms with van der Waals surface area (Å²) in [5.74, 6) is -0.803. The molecule has 4 amide bonds. The Labute approximate surface area is 129 Å². The Morgan fingerprint density at radius 3 is 2.39 bits per heavy atom. The Bertz CT molecular complexity index is 377. The smallest absolute Gasteiger partial charge is 0.394 e. The van der Waals surface area contributed by atoms with E-state index in [0.29, 0.717) is 5.92 Å². The maximum atomic E-state index is 12.1. The van der Waals surface area contributed by atoms with Crippen LogP contribution in [0.25, 0.3) is 5.32 Å². The Morgan fingerprint density at radius 1 is 1.33 bits per heavy atom. The molecule has 0 aromatic carbocycles. The second-order valence-electron chi connectivity index (χ2n) is 5.14. The van der Waals surface area contributed by atoms with Crippen molar-refractivity contribution in [1.82, 2.24) is 5.32 Å². The summed E-state index contributed by atoms with van der Waals surface area (Å²) in [5, 5.41) is 5.61. The van der Waals surface area contributed by atoms with Gasteiger partial charge in [-0.25, -0.2) is 0 Å². The van der Waals surface area contributed by atoms with E-state index in [1.807, 2.05) is 13.8 Å². The van der Waals surface area contributed by atoms with Crippen molar-refractivity contribution in [2.24, 2.45) is 23.2 Å². The van der Waals surface area contributed by atoms with Crippen molar-refractivity contribution in [3.8, 4) is 0 Å². The van der Waals surface area contributed by atoms with Crippen LogP contribution in [-0.2, 0) is 9.59 Å². The van der Waals surface area contributed by atoms with E-state index in [9.17, 15) is 14.4 Å². The Morgan fingerprint density at radius 2 is 1.94 bits per heavy atom. The topological polar surface area (TPSA) is 77.3 Å². The third kappa shape index (κ3) is 1.92. The first kappa shape index (κ1) is 15.7. The molecule has 94 valence electrons. The standard InChI is InChI=1S/C12H18N2O3.Na/c1-4-8-5-6(2)12(7(8)3)9(15)13-11(17)14-10(12)16;/h6-8H,4-5H2,1-3H3,(H2,13,14,15,16,17);/q;+1/p-1. The third-order valence-corrected chi connectivity index (χ3v) is 4.54. The number of hydrogen-bond acceptors (Lipinski definition) is 3. The maximum Gasteiger partial charge on any atom is 1.00 e. The number of amides is 4. The quantitative estimate of drug-likeness (QED) is 0.476. The number of carbonyl (C=O) groups is 3. The van der Waals surface area contributed by atoms with Crippen LogP contribution in [0.2, 0.25) is 0 Å². The maximum absolute atomic E-state index is 12.1. The second-order valence-corrected chi connectivity index (χ2v) is 5.14. The largest absolute Gasteiger partial charge is 1.00 e. The van der Waals surface area contributed by atoms with Crippen LogP contribution in [0.5, 0.6) is 0 Å². The molecule has 0 radical (unpaired) electrons. The van der Waals surface area contributed by atoms with E-state index >= 15 is 0 Å². The number of carbonyl (C=O) groups excluding carboxylic acids is 3. The number of rotatable bonds is 1. The Kier molecular flexibility index (Phi) is 4.62. The van der Waals surface area contributed by atoms with Crippen LogP contribution < -0.4 is 34.9 Å². The molecule has 2 aliphatic rings. The summed E-state index contributed by atoms with van der Waals surface area (Å²) in [5.41, 5.74) is -1.12. The molecule has 4 unspecified atom stereocenters. The van der Waals surface area contributed by atoms with Gasteiger partial charge in [0.15, 0.2) is 17.8 Å². The van der Waals surface area contributed by atoms with Crippen molar-refractivity contribution in [2.45, 2.75) is 33.6 Å². The van der Waals surface area contributed by atoms with Crippen LogP contribution in [0.1, 0.15) is 33.6 Å². The monoisotopic (exact) mass is 260 g/mol. The molecule has 0 bridgehead atoms. The van der Waals surface area contributed by atoms with Crippen LogP contribution in [0.3, 0.4) is 0 Å². The average Bonchev–Trinajstić information content (AvgIpc) is 2.49. The Hall–Kier alpha value is -0.390. The van der Waals surface area contributed by atoms with Gasteiger partial charge in [-0.1, -0.05) is 27.2 Å². The number of nitrogens with zero attached hydrogens (tertiary/aromatic N) is 1. The molecule has 2 rings (SSSR count). The summed E-state index contributed by atoms with van der Waals surface area (Å²) in [7, 11) is 0. The fraction of sp³-hybridized carbons (Fsp3) is 0.750. The number of barbiturate groups is 1. The molecule has 1 aliphatic carbocycles. The van der Waals surface area contributed by atoms with E-state index in [0.717, 1.165) is 12.8 Å². The number of urea groups is 1. The van der Waals surface area contributed by atoms with Gasteiger partial charge in [-0.2, -0.15) is 0 Å². The molecule has 1 N–H and O–H groups in total.